The number of hydrogen-bond acceptors (Lipinski definition) is 4. The van der Waals surface area contributed by atoms with Crippen LogP contribution in [0.1, 0.15) is 19.0 Å². The van der Waals surface area contributed by atoms with Gasteiger partial charge in [0.15, 0.2) is 0 Å². The van der Waals surface area contributed by atoms with Crippen LogP contribution in [-0.2, 0) is 6.18 Å². The Labute approximate surface area is 109 Å². The van der Waals surface area contributed by atoms with Crippen LogP contribution in [0.3, 0.4) is 0 Å². The van der Waals surface area contributed by atoms with Crippen LogP contribution in [0, 0.1) is 5.92 Å². The second kappa shape index (κ2) is 4.88. The number of nitrogens with two attached hydrogens (primary N) is 1. The number of rotatable bonds is 2. The van der Waals surface area contributed by atoms with Crippen molar-refractivity contribution in [3.63, 3.8) is 0 Å². The minimum atomic E-state index is -4.48. The number of aromatic nitrogens is 1. The van der Waals surface area contributed by atoms with E-state index in [1.807, 2.05) is 0 Å². The number of anilines is 2. The highest BCUT2D eigenvalue weighted by Crippen LogP contribution is 2.35. The van der Waals surface area contributed by atoms with Gasteiger partial charge in [-0.15, -0.1) is 0 Å². The molecule has 3 N–H and O–H groups in total. The second-order valence-electron chi connectivity index (χ2n) is 4.86. The lowest BCUT2D eigenvalue weighted by atomic mass is 10.0. The number of alkyl halides is 3. The largest absolute Gasteiger partial charge is 0.433 e. The highest BCUT2D eigenvalue weighted by atomic mass is 19.4. The minimum absolute atomic E-state index is 0.0573. The van der Waals surface area contributed by atoms with Crippen LogP contribution in [0.2, 0.25) is 0 Å². The Morgan fingerprint density at radius 2 is 2.21 bits per heavy atom. The van der Waals surface area contributed by atoms with E-state index in [1.165, 1.54) is 0 Å². The molecule has 0 radical (unpaired) electrons. The van der Waals surface area contributed by atoms with Gasteiger partial charge in [-0.05, 0) is 19.4 Å². The molecule has 106 valence electrons. The van der Waals surface area contributed by atoms with Crippen LogP contribution >= 0.6 is 0 Å². The third kappa shape index (κ3) is 2.91. The van der Waals surface area contributed by atoms with E-state index in [2.05, 4.69) is 4.98 Å². The number of halogens is 3. The Hall–Kier alpha value is -1.50. The molecule has 1 aliphatic heterocycles. The molecule has 7 heteroatoms. The number of nitrogens with zero attached hydrogens (tertiary/aromatic N) is 2. The molecule has 1 saturated heterocycles. The summed E-state index contributed by atoms with van der Waals surface area (Å²) < 4.78 is 37.9. The fraction of sp³-hybridized carbons (Fsp3) is 0.583. The summed E-state index contributed by atoms with van der Waals surface area (Å²) >= 11 is 0. The first kappa shape index (κ1) is 13.9. The smallest absolute Gasteiger partial charge is 0.396 e. The van der Waals surface area contributed by atoms with Crippen molar-refractivity contribution in [2.45, 2.75) is 25.6 Å². The molecule has 0 aromatic carbocycles. The third-order valence-electron chi connectivity index (χ3n) is 3.45. The monoisotopic (exact) mass is 275 g/mol. The van der Waals surface area contributed by atoms with Gasteiger partial charge < -0.3 is 15.7 Å². The topological polar surface area (TPSA) is 62.4 Å². The Morgan fingerprint density at radius 3 is 2.74 bits per heavy atom. The van der Waals surface area contributed by atoms with Crippen molar-refractivity contribution in [2.24, 2.45) is 5.92 Å². The summed E-state index contributed by atoms with van der Waals surface area (Å²) in [4.78, 5) is 5.08. The van der Waals surface area contributed by atoms with Crippen molar-refractivity contribution in [1.82, 2.24) is 4.98 Å². The summed E-state index contributed by atoms with van der Waals surface area (Å²) in [5, 5.41) is 9.52. The predicted octanol–water partition coefficient (Wildman–Crippen LogP) is 1.89. The first-order chi connectivity index (χ1) is 8.79. The lowest BCUT2D eigenvalue weighted by Crippen LogP contribution is -2.25. The number of pyridine rings is 1. The van der Waals surface area contributed by atoms with Gasteiger partial charge in [0.2, 0.25) is 0 Å². The molecule has 2 heterocycles. The summed E-state index contributed by atoms with van der Waals surface area (Å²) in [6.07, 6.45) is -3.18. The molecule has 1 aliphatic rings. The molecular weight excluding hydrogens is 259 g/mol. The molecule has 0 bridgehead atoms. The fourth-order valence-electron chi connectivity index (χ4n) is 2.28. The van der Waals surface area contributed by atoms with Crippen LogP contribution in [0.5, 0.6) is 0 Å². The third-order valence-corrected chi connectivity index (χ3v) is 3.45. The molecule has 2 unspecified atom stereocenters. The number of hydrogen-bond donors (Lipinski definition) is 2. The van der Waals surface area contributed by atoms with E-state index in [1.54, 1.807) is 11.8 Å². The minimum Gasteiger partial charge on any atom is -0.396 e. The maximum absolute atomic E-state index is 12.6. The zero-order valence-electron chi connectivity index (χ0n) is 10.5. The van der Waals surface area contributed by atoms with Gasteiger partial charge in [-0.2, -0.15) is 13.2 Å². The molecule has 1 aromatic heterocycles. The predicted molar refractivity (Wildman–Crippen MR) is 65.7 cm³/mol. The molecule has 1 fully saturated rings. The molecule has 1 aromatic rings. The summed E-state index contributed by atoms with van der Waals surface area (Å²) in [6, 6.07) is 0.972. The molecular formula is C12H16F3N3O. The molecule has 2 rings (SSSR count). The van der Waals surface area contributed by atoms with Gasteiger partial charge in [-0.25, -0.2) is 4.98 Å². The van der Waals surface area contributed by atoms with E-state index in [4.69, 9.17) is 5.73 Å². The van der Waals surface area contributed by atoms with Gasteiger partial charge in [0.1, 0.15) is 5.69 Å². The van der Waals surface area contributed by atoms with Crippen molar-refractivity contribution in [2.75, 3.05) is 23.7 Å². The van der Waals surface area contributed by atoms with Crippen molar-refractivity contribution in [3.8, 4) is 0 Å². The number of nitrogen functional groups attached to an aromatic ring is 1. The molecule has 2 atom stereocenters. The van der Waals surface area contributed by atoms with Crippen LogP contribution < -0.4 is 10.6 Å². The van der Waals surface area contributed by atoms with E-state index in [0.29, 0.717) is 18.8 Å². The zero-order chi connectivity index (χ0) is 14.2. The first-order valence-electron chi connectivity index (χ1n) is 6.04. The van der Waals surface area contributed by atoms with E-state index in [9.17, 15) is 18.3 Å². The number of aliphatic hydroxyl groups excluding tert-OH is 1. The molecule has 0 saturated carbocycles. The van der Waals surface area contributed by atoms with Gasteiger partial charge in [0, 0.05) is 19.0 Å². The maximum Gasteiger partial charge on any atom is 0.433 e. The van der Waals surface area contributed by atoms with Crippen LogP contribution in [0.25, 0.3) is 0 Å². The summed E-state index contributed by atoms with van der Waals surface area (Å²) in [5.41, 5.74) is 5.31. The van der Waals surface area contributed by atoms with Crippen LogP contribution in [-0.4, -0.2) is 29.3 Å². The van der Waals surface area contributed by atoms with Crippen molar-refractivity contribution >= 4 is 11.4 Å². The van der Waals surface area contributed by atoms with Gasteiger partial charge in [-0.1, -0.05) is 0 Å². The summed E-state index contributed by atoms with van der Waals surface area (Å²) in [7, 11) is 0. The normalized spacial score (nSPS) is 21.7. The fourth-order valence-corrected chi connectivity index (χ4v) is 2.28. The average molecular weight is 275 g/mol. The molecule has 0 aliphatic carbocycles. The molecule has 0 amide bonds. The molecule has 0 spiro atoms. The van der Waals surface area contributed by atoms with Gasteiger partial charge in [0.05, 0.1) is 23.7 Å². The highest BCUT2D eigenvalue weighted by Gasteiger charge is 2.34. The van der Waals surface area contributed by atoms with Crippen LogP contribution in [0.4, 0.5) is 24.5 Å². The number of aliphatic hydroxyl groups is 1. The Morgan fingerprint density at radius 1 is 1.53 bits per heavy atom. The zero-order valence-corrected chi connectivity index (χ0v) is 10.5. The van der Waals surface area contributed by atoms with Crippen molar-refractivity contribution < 1.29 is 18.3 Å². The van der Waals surface area contributed by atoms with E-state index < -0.39 is 18.0 Å². The summed E-state index contributed by atoms with van der Waals surface area (Å²) in [6.45, 7) is 2.77. The average Bonchev–Trinajstić information content (AvgIpc) is 2.77. The van der Waals surface area contributed by atoms with Gasteiger partial charge >= 0.3 is 6.18 Å². The molecule has 19 heavy (non-hydrogen) atoms. The van der Waals surface area contributed by atoms with Gasteiger partial charge in [-0.3, -0.25) is 0 Å². The van der Waals surface area contributed by atoms with E-state index in [0.717, 1.165) is 18.7 Å². The lowest BCUT2D eigenvalue weighted by Gasteiger charge is -2.22. The Kier molecular flexibility index (Phi) is 3.58. The molecule has 4 nitrogen and oxygen atoms in total. The highest BCUT2D eigenvalue weighted by molar-refractivity contribution is 5.67. The quantitative estimate of drug-likeness (QED) is 0.865. The first-order valence-corrected chi connectivity index (χ1v) is 6.04. The Balaban J connectivity index is 2.25. The maximum atomic E-state index is 12.6. The van der Waals surface area contributed by atoms with Crippen LogP contribution in [0.15, 0.2) is 12.3 Å². The summed E-state index contributed by atoms with van der Waals surface area (Å²) in [5.74, 6) is 0.0573. The van der Waals surface area contributed by atoms with Crippen molar-refractivity contribution in [1.29, 1.82) is 0 Å². The van der Waals surface area contributed by atoms with E-state index >= 15 is 0 Å². The Bertz CT molecular complexity index is 462. The van der Waals surface area contributed by atoms with E-state index in [-0.39, 0.29) is 11.6 Å². The van der Waals surface area contributed by atoms with Gasteiger partial charge in [0.25, 0.3) is 0 Å². The SMILES string of the molecule is CC(O)C1CCN(c2cc(C(F)(F)F)ncc2N)C1. The standard InChI is InChI=1S/C12H16F3N3O/c1-7(19)8-2-3-18(6-8)10-4-11(12(13,14)15)17-5-9(10)16/h4-5,7-8,19H,2-3,6,16H2,1H3. The van der Waals surface area contributed by atoms with Crippen molar-refractivity contribution in [3.05, 3.63) is 18.0 Å². The lowest BCUT2D eigenvalue weighted by molar-refractivity contribution is -0.141. The second-order valence-corrected chi connectivity index (χ2v) is 4.86.